The minimum Gasteiger partial charge on any atom is -0.458 e. The number of nitrogens with zero attached hydrogens (tertiary/aromatic N) is 3. The number of nitrogens with one attached hydrogen (secondary N) is 4. The SMILES string of the molecule is CC[C@@]1(O)C(=O)OCc2c1cc1n(c2=O)Cc2c-1nc1cc(F)c(C)c3c1c2[C@@H](NC(=O)C(C)(O)COCNC(=O)[C@H](C)NC(=O)[C@H](C)NC(=O)CCN1C(=O)CC(C)C1=O)CC3. The molecule has 7 rings (SSSR count). The van der Waals surface area contributed by atoms with E-state index < -0.39 is 89.6 Å². The monoisotopic (exact) mass is 875 g/mol. The van der Waals surface area contributed by atoms with Gasteiger partial charge in [0.1, 0.15) is 31.2 Å². The number of aryl methyl sites for hydroxylation is 1. The van der Waals surface area contributed by atoms with Crippen LogP contribution in [0.1, 0.15) is 99.7 Å². The van der Waals surface area contributed by atoms with Crippen LogP contribution in [0.2, 0.25) is 0 Å². The number of esters is 1. The lowest BCUT2D eigenvalue weighted by molar-refractivity contribution is -0.172. The summed E-state index contributed by atoms with van der Waals surface area (Å²) in [6.07, 6.45) is 0.481. The lowest BCUT2D eigenvalue weighted by atomic mass is 9.81. The van der Waals surface area contributed by atoms with Crippen LogP contribution in [-0.2, 0) is 68.2 Å². The number of hydrogen-bond acceptors (Lipinski definition) is 13. The number of benzene rings is 1. The summed E-state index contributed by atoms with van der Waals surface area (Å²) in [7, 11) is 0. The molecule has 336 valence electrons. The molecule has 2 unspecified atom stereocenters. The fourth-order valence-electron chi connectivity index (χ4n) is 8.68. The van der Waals surface area contributed by atoms with Crippen molar-refractivity contribution in [2.75, 3.05) is 19.9 Å². The highest BCUT2D eigenvalue weighted by Crippen LogP contribution is 2.46. The van der Waals surface area contributed by atoms with Crippen LogP contribution in [0.15, 0.2) is 16.9 Å². The highest BCUT2D eigenvalue weighted by atomic mass is 19.1. The van der Waals surface area contributed by atoms with Crippen molar-refractivity contribution in [2.24, 2.45) is 5.92 Å². The van der Waals surface area contributed by atoms with Crippen LogP contribution in [0.5, 0.6) is 0 Å². The number of imide groups is 1. The number of carbonyl (C=O) groups excluding carboxylic acids is 7. The summed E-state index contributed by atoms with van der Waals surface area (Å²) in [5.41, 5.74) is -1.26. The van der Waals surface area contributed by atoms with Crippen molar-refractivity contribution in [3.05, 3.63) is 61.7 Å². The van der Waals surface area contributed by atoms with Gasteiger partial charge in [-0.25, -0.2) is 14.2 Å². The van der Waals surface area contributed by atoms with Gasteiger partial charge in [0.2, 0.25) is 29.5 Å². The molecular formula is C43H50FN7O12. The summed E-state index contributed by atoms with van der Waals surface area (Å²) in [6.45, 7) is 7.46. The number of cyclic esters (lactones) is 1. The van der Waals surface area contributed by atoms with Crippen LogP contribution in [0.4, 0.5) is 4.39 Å². The average molecular weight is 876 g/mol. The molecule has 20 heteroatoms. The number of ether oxygens (including phenoxy) is 2. The third kappa shape index (κ3) is 8.06. The Morgan fingerprint density at radius 3 is 2.48 bits per heavy atom. The van der Waals surface area contributed by atoms with Crippen LogP contribution < -0.4 is 26.8 Å². The van der Waals surface area contributed by atoms with Crippen LogP contribution in [0, 0.1) is 18.7 Å². The first kappa shape index (κ1) is 44.9. The van der Waals surface area contributed by atoms with Gasteiger partial charge in [-0.2, -0.15) is 0 Å². The fourth-order valence-corrected chi connectivity index (χ4v) is 8.68. The molecule has 0 saturated carbocycles. The van der Waals surface area contributed by atoms with E-state index in [-0.39, 0.29) is 67.4 Å². The molecular weight excluding hydrogens is 826 g/mol. The highest BCUT2D eigenvalue weighted by Gasteiger charge is 2.46. The van der Waals surface area contributed by atoms with E-state index in [1.165, 1.54) is 31.4 Å². The number of carbonyl (C=O) groups is 7. The second-order valence-electron chi connectivity index (χ2n) is 16.9. The minimum absolute atomic E-state index is 0.0199. The molecule has 63 heavy (non-hydrogen) atoms. The first-order chi connectivity index (χ1) is 29.7. The fraction of sp³-hybridized carbons (Fsp3) is 0.512. The predicted octanol–water partition coefficient (Wildman–Crippen LogP) is 0.266. The van der Waals surface area contributed by atoms with E-state index in [9.17, 15) is 48.6 Å². The smallest absolute Gasteiger partial charge is 0.343 e. The van der Waals surface area contributed by atoms with Gasteiger partial charge in [0.25, 0.3) is 11.5 Å². The van der Waals surface area contributed by atoms with E-state index in [1.54, 1.807) is 26.8 Å². The van der Waals surface area contributed by atoms with Crippen LogP contribution in [0.25, 0.3) is 22.3 Å². The summed E-state index contributed by atoms with van der Waals surface area (Å²) in [4.78, 5) is 108. The molecule has 19 nitrogen and oxygen atoms in total. The largest absolute Gasteiger partial charge is 0.458 e. The molecule has 1 aliphatic carbocycles. The maximum absolute atomic E-state index is 15.3. The van der Waals surface area contributed by atoms with Gasteiger partial charge in [0, 0.05) is 47.9 Å². The van der Waals surface area contributed by atoms with Gasteiger partial charge in [0.05, 0.1) is 41.7 Å². The van der Waals surface area contributed by atoms with Crippen molar-refractivity contribution in [1.29, 1.82) is 0 Å². The number of fused-ring (bicyclic) bond motifs is 5. The summed E-state index contributed by atoms with van der Waals surface area (Å²) < 4.78 is 27.4. The molecule has 1 aromatic carbocycles. The molecule has 4 aliphatic rings. The zero-order chi connectivity index (χ0) is 45.9. The lowest BCUT2D eigenvalue weighted by Crippen LogP contribution is -2.52. The van der Waals surface area contributed by atoms with E-state index in [1.807, 2.05) is 0 Å². The Bertz CT molecular complexity index is 2560. The van der Waals surface area contributed by atoms with Crippen molar-refractivity contribution >= 4 is 52.3 Å². The van der Waals surface area contributed by atoms with Gasteiger partial charge < -0.3 is 45.5 Å². The number of rotatable bonds is 14. The topological polar surface area (TPSA) is 265 Å². The summed E-state index contributed by atoms with van der Waals surface area (Å²) >= 11 is 0. The van der Waals surface area contributed by atoms with Gasteiger partial charge in [-0.05, 0) is 69.7 Å². The van der Waals surface area contributed by atoms with Crippen molar-refractivity contribution in [3.8, 4) is 11.4 Å². The molecule has 1 fully saturated rings. The standard InChI is InChI=1S/C43H50FN7O12/c1-7-43(61)26-13-30-35-24(15-51(30)39(57)25(26)16-63-41(43)59)34-28(9-8-23-20(3)27(44)14-29(48-35)33(23)34)49-40(58)42(6,60)17-62-18-45-36(54)21(4)47-37(55)22(5)46-31(52)10-11-50-32(53)12-19(2)38(50)56/h13-14,19,21-22,28,60-61H,7-12,15-18H2,1-6H3,(H,45,54)(H,46,52)(H,47,55)(H,49,58)/t19?,21-,22-,28-,42?,43-/m0/s1. The quantitative estimate of drug-likeness (QED) is 0.0431. The van der Waals surface area contributed by atoms with E-state index in [4.69, 9.17) is 14.5 Å². The molecule has 6 amide bonds. The third-order valence-corrected chi connectivity index (χ3v) is 12.5. The molecule has 0 bridgehead atoms. The summed E-state index contributed by atoms with van der Waals surface area (Å²) in [5, 5.41) is 33.5. The predicted molar refractivity (Wildman–Crippen MR) is 218 cm³/mol. The normalized spacial score (nSPS) is 21.7. The molecule has 6 atom stereocenters. The first-order valence-corrected chi connectivity index (χ1v) is 20.8. The summed E-state index contributed by atoms with van der Waals surface area (Å²) in [6, 6.07) is -0.0441. The van der Waals surface area contributed by atoms with E-state index in [2.05, 4.69) is 21.3 Å². The average Bonchev–Trinajstić information content (AvgIpc) is 3.73. The Kier molecular flexibility index (Phi) is 12.0. The van der Waals surface area contributed by atoms with Crippen LogP contribution in [0.3, 0.4) is 0 Å². The molecule has 2 aromatic heterocycles. The lowest BCUT2D eigenvalue weighted by Gasteiger charge is -2.32. The van der Waals surface area contributed by atoms with Gasteiger partial charge in [0.15, 0.2) is 11.2 Å². The van der Waals surface area contributed by atoms with Crippen LogP contribution >= 0.6 is 0 Å². The zero-order valence-corrected chi connectivity index (χ0v) is 35.7. The molecule has 0 spiro atoms. The summed E-state index contributed by atoms with van der Waals surface area (Å²) in [5.74, 6) is -5.27. The number of likely N-dealkylation sites (tertiary alicyclic amines) is 1. The minimum atomic E-state index is -2.13. The van der Waals surface area contributed by atoms with Gasteiger partial charge in [-0.1, -0.05) is 13.8 Å². The van der Waals surface area contributed by atoms with E-state index >= 15 is 4.39 Å². The maximum atomic E-state index is 15.3. The van der Waals surface area contributed by atoms with Gasteiger partial charge in [-0.15, -0.1) is 0 Å². The number of pyridine rings is 2. The zero-order valence-electron chi connectivity index (χ0n) is 35.7. The van der Waals surface area contributed by atoms with Crippen molar-refractivity contribution in [1.82, 2.24) is 35.7 Å². The first-order valence-electron chi connectivity index (χ1n) is 20.8. The Balaban J connectivity index is 0.983. The second-order valence-corrected chi connectivity index (χ2v) is 16.9. The number of aliphatic hydroxyl groups is 2. The number of halogens is 1. The van der Waals surface area contributed by atoms with E-state index in [0.717, 1.165) is 4.90 Å². The second kappa shape index (κ2) is 16.9. The van der Waals surface area contributed by atoms with Crippen molar-refractivity contribution < 1.29 is 57.6 Å². The Labute approximate surface area is 360 Å². The number of aromatic nitrogens is 2. The number of hydrogen-bond donors (Lipinski definition) is 6. The van der Waals surface area contributed by atoms with Crippen molar-refractivity contribution in [2.45, 2.75) is 116 Å². The molecule has 0 radical (unpaired) electrons. The Morgan fingerprint density at radius 2 is 1.79 bits per heavy atom. The Morgan fingerprint density at radius 1 is 1.08 bits per heavy atom. The van der Waals surface area contributed by atoms with Gasteiger partial charge >= 0.3 is 5.97 Å². The maximum Gasteiger partial charge on any atom is 0.343 e. The third-order valence-electron chi connectivity index (χ3n) is 12.5. The highest BCUT2D eigenvalue weighted by molar-refractivity contribution is 6.03. The van der Waals surface area contributed by atoms with Gasteiger partial charge in [-0.3, -0.25) is 38.5 Å². The number of amides is 6. The molecule has 3 aliphatic heterocycles. The van der Waals surface area contributed by atoms with E-state index in [0.29, 0.717) is 51.9 Å². The molecule has 3 aromatic rings. The molecule has 5 heterocycles. The van der Waals surface area contributed by atoms with Crippen molar-refractivity contribution in [3.63, 3.8) is 0 Å². The van der Waals surface area contributed by atoms with Crippen LogP contribution in [-0.4, -0.2) is 104 Å². The molecule has 6 N–H and O–H groups in total. The Hall–Kier alpha value is -6.12. The molecule has 1 saturated heterocycles.